The Morgan fingerprint density at radius 2 is 2.11 bits per heavy atom. The van der Waals surface area contributed by atoms with Crippen molar-refractivity contribution in [3.05, 3.63) is 64.1 Å². The van der Waals surface area contributed by atoms with Crippen molar-refractivity contribution < 1.29 is 14.3 Å². The summed E-state index contributed by atoms with van der Waals surface area (Å²) in [6, 6.07) is 6.12. The van der Waals surface area contributed by atoms with Crippen molar-refractivity contribution >= 4 is 5.97 Å². The third kappa shape index (κ3) is 2.42. The van der Waals surface area contributed by atoms with Crippen LogP contribution in [-0.4, -0.2) is 20.6 Å². The molecule has 0 bridgehead atoms. The molecule has 0 atom stereocenters. The van der Waals surface area contributed by atoms with Crippen molar-refractivity contribution in [2.24, 2.45) is 0 Å². The van der Waals surface area contributed by atoms with Crippen molar-refractivity contribution in [1.82, 2.24) is 9.55 Å². The standard InChI is InChI=1S/C12H9FN2O3/c13-10-4-2-1-3-8(10)5-15-6-9(12(17)18)11(16)14-7-15/h1-4,6-7H,5H2,(H,17,18). The summed E-state index contributed by atoms with van der Waals surface area (Å²) in [5.41, 5.74) is -0.861. The minimum atomic E-state index is -1.35. The largest absolute Gasteiger partial charge is 0.477 e. The fourth-order valence-corrected chi connectivity index (χ4v) is 1.51. The molecule has 0 amide bonds. The Labute approximate surface area is 101 Å². The molecular weight excluding hydrogens is 239 g/mol. The molecule has 2 aromatic rings. The maximum atomic E-state index is 13.4. The molecule has 0 saturated heterocycles. The molecule has 2 rings (SSSR count). The average molecular weight is 248 g/mol. The zero-order valence-electron chi connectivity index (χ0n) is 9.21. The zero-order chi connectivity index (χ0) is 13.1. The molecule has 1 aromatic heterocycles. The highest BCUT2D eigenvalue weighted by molar-refractivity contribution is 5.86. The number of carboxylic acids is 1. The van der Waals surface area contributed by atoms with Gasteiger partial charge in [0.1, 0.15) is 11.4 Å². The van der Waals surface area contributed by atoms with Crippen molar-refractivity contribution in [2.45, 2.75) is 6.54 Å². The van der Waals surface area contributed by atoms with E-state index in [1.54, 1.807) is 18.2 Å². The van der Waals surface area contributed by atoms with E-state index in [4.69, 9.17) is 5.11 Å². The Morgan fingerprint density at radius 3 is 2.78 bits per heavy atom. The fraction of sp³-hybridized carbons (Fsp3) is 0.0833. The van der Waals surface area contributed by atoms with Crippen LogP contribution in [0.15, 0.2) is 41.6 Å². The van der Waals surface area contributed by atoms with Gasteiger partial charge in [-0.3, -0.25) is 4.79 Å². The lowest BCUT2D eigenvalue weighted by Crippen LogP contribution is -2.20. The minimum absolute atomic E-state index is 0.111. The molecule has 0 unspecified atom stereocenters. The second-order valence-electron chi connectivity index (χ2n) is 3.66. The topological polar surface area (TPSA) is 72.2 Å². The molecule has 0 aliphatic carbocycles. The molecule has 0 saturated carbocycles. The summed E-state index contributed by atoms with van der Waals surface area (Å²) in [7, 11) is 0. The van der Waals surface area contributed by atoms with Gasteiger partial charge in [-0.15, -0.1) is 0 Å². The molecule has 5 nitrogen and oxygen atoms in total. The van der Waals surface area contributed by atoms with Gasteiger partial charge in [0.2, 0.25) is 0 Å². The molecular formula is C12H9FN2O3. The van der Waals surface area contributed by atoms with Gasteiger partial charge in [0.05, 0.1) is 12.9 Å². The van der Waals surface area contributed by atoms with Crippen LogP contribution in [-0.2, 0) is 6.54 Å². The number of nitrogens with zero attached hydrogens (tertiary/aromatic N) is 2. The van der Waals surface area contributed by atoms with E-state index in [2.05, 4.69) is 4.98 Å². The van der Waals surface area contributed by atoms with Crippen LogP contribution in [0.3, 0.4) is 0 Å². The molecule has 1 N–H and O–H groups in total. The van der Waals surface area contributed by atoms with Crippen LogP contribution < -0.4 is 5.56 Å². The molecule has 0 aliphatic heterocycles. The Kier molecular flexibility index (Phi) is 3.18. The van der Waals surface area contributed by atoms with Crippen LogP contribution in [0.4, 0.5) is 4.39 Å². The number of hydrogen-bond donors (Lipinski definition) is 1. The monoisotopic (exact) mass is 248 g/mol. The Morgan fingerprint density at radius 1 is 1.39 bits per heavy atom. The van der Waals surface area contributed by atoms with E-state index in [1.165, 1.54) is 17.0 Å². The number of aromatic carboxylic acids is 1. The number of rotatable bonds is 3. The lowest BCUT2D eigenvalue weighted by atomic mass is 10.2. The van der Waals surface area contributed by atoms with Crippen molar-refractivity contribution in [2.75, 3.05) is 0 Å². The Balaban J connectivity index is 2.36. The summed E-state index contributed by atoms with van der Waals surface area (Å²) in [6.07, 6.45) is 2.32. The molecule has 1 aromatic carbocycles. The van der Waals surface area contributed by atoms with Gasteiger partial charge in [-0.2, -0.15) is 4.98 Å². The molecule has 0 fully saturated rings. The number of halogens is 1. The van der Waals surface area contributed by atoms with Crippen molar-refractivity contribution in [3.8, 4) is 0 Å². The third-order valence-electron chi connectivity index (χ3n) is 2.39. The first-order valence-electron chi connectivity index (χ1n) is 5.10. The highest BCUT2D eigenvalue weighted by atomic mass is 19.1. The molecule has 6 heteroatoms. The molecule has 18 heavy (non-hydrogen) atoms. The van der Waals surface area contributed by atoms with E-state index >= 15 is 0 Å². The van der Waals surface area contributed by atoms with E-state index in [0.717, 1.165) is 6.20 Å². The SMILES string of the molecule is O=C(O)c1cn(Cc2ccccc2F)cnc1=O. The number of hydrogen-bond acceptors (Lipinski definition) is 3. The van der Waals surface area contributed by atoms with Crippen molar-refractivity contribution in [3.63, 3.8) is 0 Å². The fourth-order valence-electron chi connectivity index (χ4n) is 1.51. The van der Waals surface area contributed by atoms with Gasteiger partial charge in [0.15, 0.2) is 0 Å². The van der Waals surface area contributed by atoms with Gasteiger partial charge in [0, 0.05) is 11.8 Å². The second kappa shape index (κ2) is 4.79. The number of aromatic nitrogens is 2. The lowest BCUT2D eigenvalue weighted by Gasteiger charge is -2.07. The van der Waals surface area contributed by atoms with Crippen LogP contribution in [0.2, 0.25) is 0 Å². The van der Waals surface area contributed by atoms with Gasteiger partial charge >= 0.3 is 5.97 Å². The average Bonchev–Trinajstić information content (AvgIpc) is 2.34. The number of benzene rings is 1. The summed E-state index contributed by atoms with van der Waals surface area (Å²) >= 11 is 0. The van der Waals surface area contributed by atoms with Gasteiger partial charge in [-0.25, -0.2) is 9.18 Å². The molecule has 92 valence electrons. The quantitative estimate of drug-likeness (QED) is 0.883. The smallest absolute Gasteiger partial charge is 0.342 e. The maximum Gasteiger partial charge on any atom is 0.342 e. The van der Waals surface area contributed by atoms with E-state index in [9.17, 15) is 14.0 Å². The van der Waals surface area contributed by atoms with Gasteiger partial charge in [-0.05, 0) is 6.07 Å². The maximum absolute atomic E-state index is 13.4. The molecule has 0 spiro atoms. The Hall–Kier alpha value is -2.50. The van der Waals surface area contributed by atoms with E-state index < -0.39 is 22.9 Å². The van der Waals surface area contributed by atoms with E-state index in [-0.39, 0.29) is 6.54 Å². The summed E-state index contributed by atoms with van der Waals surface area (Å²) in [5, 5.41) is 8.78. The zero-order valence-corrected chi connectivity index (χ0v) is 9.21. The minimum Gasteiger partial charge on any atom is -0.477 e. The van der Waals surface area contributed by atoms with Crippen LogP contribution in [0.5, 0.6) is 0 Å². The first-order valence-corrected chi connectivity index (χ1v) is 5.10. The van der Waals surface area contributed by atoms with Crippen LogP contribution in [0, 0.1) is 5.82 Å². The van der Waals surface area contributed by atoms with Crippen molar-refractivity contribution in [1.29, 1.82) is 0 Å². The lowest BCUT2D eigenvalue weighted by molar-refractivity contribution is 0.0694. The van der Waals surface area contributed by atoms with E-state index in [0.29, 0.717) is 5.56 Å². The molecule has 0 aliphatic rings. The first kappa shape index (κ1) is 12.0. The second-order valence-corrected chi connectivity index (χ2v) is 3.66. The number of carbonyl (C=O) groups is 1. The van der Waals surface area contributed by atoms with Gasteiger partial charge in [-0.1, -0.05) is 18.2 Å². The normalized spacial score (nSPS) is 10.3. The summed E-state index contributed by atoms with van der Waals surface area (Å²) < 4.78 is 14.8. The number of carboxylic acid groups (broad SMARTS) is 1. The highest BCUT2D eigenvalue weighted by Gasteiger charge is 2.10. The molecule has 1 heterocycles. The predicted octanol–water partition coefficient (Wildman–Crippen LogP) is 1.13. The summed E-state index contributed by atoms with van der Waals surface area (Å²) in [5.74, 6) is -1.75. The van der Waals surface area contributed by atoms with Gasteiger partial charge < -0.3 is 9.67 Å². The van der Waals surface area contributed by atoms with E-state index in [1.807, 2.05) is 0 Å². The first-order chi connectivity index (χ1) is 8.58. The van der Waals surface area contributed by atoms with Crippen LogP contribution in [0.25, 0.3) is 0 Å². The van der Waals surface area contributed by atoms with Crippen LogP contribution in [0.1, 0.15) is 15.9 Å². The third-order valence-corrected chi connectivity index (χ3v) is 2.39. The predicted molar refractivity (Wildman–Crippen MR) is 61.0 cm³/mol. The summed E-state index contributed by atoms with van der Waals surface area (Å²) in [4.78, 5) is 25.3. The van der Waals surface area contributed by atoms with Crippen LogP contribution >= 0.6 is 0 Å². The highest BCUT2D eigenvalue weighted by Crippen LogP contribution is 2.08. The molecule has 0 radical (unpaired) electrons. The summed E-state index contributed by atoms with van der Waals surface area (Å²) in [6.45, 7) is 0.111. The van der Waals surface area contributed by atoms with Gasteiger partial charge in [0.25, 0.3) is 5.56 Å². The Bertz CT molecular complexity index is 652.